The summed E-state index contributed by atoms with van der Waals surface area (Å²) in [7, 11) is 0. The van der Waals surface area contributed by atoms with Crippen LogP contribution in [0.25, 0.3) is 16.6 Å². The van der Waals surface area contributed by atoms with Gasteiger partial charge in [0.15, 0.2) is 0 Å². The van der Waals surface area contributed by atoms with E-state index in [1.165, 1.54) is 4.57 Å². The molecule has 1 N–H and O–H groups in total. The Hall–Kier alpha value is -3.68. The topological polar surface area (TPSA) is 99.5 Å². The van der Waals surface area contributed by atoms with Gasteiger partial charge in [-0.25, -0.2) is 9.78 Å². The molecule has 1 atom stereocenters. The molecule has 2 aromatic carbocycles. The van der Waals surface area contributed by atoms with Crippen LogP contribution in [0.2, 0.25) is 0 Å². The first-order valence-corrected chi connectivity index (χ1v) is 12.6. The van der Waals surface area contributed by atoms with E-state index in [1.807, 2.05) is 63.2 Å². The van der Waals surface area contributed by atoms with Crippen LogP contribution in [0.3, 0.4) is 0 Å². The summed E-state index contributed by atoms with van der Waals surface area (Å²) in [5, 5.41) is 3.29. The number of carbonyl (C=O) groups excluding carboxylic acids is 2. The van der Waals surface area contributed by atoms with Crippen molar-refractivity contribution >= 4 is 23.0 Å². The Labute approximate surface area is 218 Å². The van der Waals surface area contributed by atoms with E-state index in [0.717, 1.165) is 5.56 Å². The number of nitrogens with zero attached hydrogens (tertiary/aromatic N) is 2. The summed E-state index contributed by atoms with van der Waals surface area (Å²) in [5.74, 6) is 0.123. The van der Waals surface area contributed by atoms with Gasteiger partial charge >= 0.3 is 12.1 Å². The van der Waals surface area contributed by atoms with Crippen LogP contribution in [-0.2, 0) is 20.7 Å². The normalized spacial score (nSPS) is 12.7. The molecule has 198 valence electrons. The van der Waals surface area contributed by atoms with Gasteiger partial charge in [0.05, 0.1) is 22.6 Å². The molecule has 0 saturated heterocycles. The average molecular weight is 508 g/mol. The number of para-hydroxylation sites is 1. The summed E-state index contributed by atoms with van der Waals surface area (Å²) >= 11 is 0. The van der Waals surface area contributed by atoms with Crippen LogP contribution in [0, 0.1) is 0 Å². The van der Waals surface area contributed by atoms with Crippen molar-refractivity contribution < 1.29 is 19.1 Å². The molecule has 0 aliphatic carbocycles. The molecule has 1 heterocycles. The lowest BCUT2D eigenvalue weighted by atomic mass is 10.0. The number of aromatic nitrogens is 2. The van der Waals surface area contributed by atoms with Crippen molar-refractivity contribution in [1.29, 1.82) is 0 Å². The minimum atomic E-state index is -0.659. The number of hydrogen-bond acceptors (Lipinski definition) is 6. The van der Waals surface area contributed by atoms with Gasteiger partial charge in [-0.1, -0.05) is 30.3 Å². The Morgan fingerprint density at radius 1 is 0.946 bits per heavy atom. The second-order valence-corrected chi connectivity index (χ2v) is 11.1. The molecule has 0 unspecified atom stereocenters. The zero-order chi connectivity index (χ0) is 27.4. The third-order valence-electron chi connectivity index (χ3n) is 5.39. The number of fused-ring (bicyclic) bond motifs is 1. The fraction of sp³-hybridized carbons (Fsp3) is 0.448. The largest absolute Gasteiger partial charge is 0.460 e. The predicted octanol–water partition coefficient (Wildman–Crippen LogP) is 5.64. The Morgan fingerprint density at radius 3 is 2.22 bits per heavy atom. The molecule has 8 heteroatoms. The van der Waals surface area contributed by atoms with Crippen molar-refractivity contribution in [3.05, 3.63) is 70.3 Å². The van der Waals surface area contributed by atoms with E-state index in [4.69, 9.17) is 14.5 Å². The fourth-order valence-electron chi connectivity index (χ4n) is 4.01. The molecular formula is C29H37N3O5. The predicted molar refractivity (Wildman–Crippen MR) is 144 cm³/mol. The highest BCUT2D eigenvalue weighted by Crippen LogP contribution is 2.22. The van der Waals surface area contributed by atoms with Crippen LogP contribution in [0.15, 0.2) is 53.3 Å². The Morgan fingerprint density at radius 2 is 1.59 bits per heavy atom. The molecule has 1 aromatic heterocycles. The van der Waals surface area contributed by atoms with Crippen molar-refractivity contribution in [2.75, 3.05) is 0 Å². The number of nitrogens with one attached hydrogen (secondary N) is 1. The summed E-state index contributed by atoms with van der Waals surface area (Å²) in [6, 6.07) is 14.1. The molecule has 0 saturated carbocycles. The molecule has 3 rings (SSSR count). The SMILES string of the molecule is C[C@H](NC(=O)OC(C)(C)C)c1nc2cccc(CCCC(=O)OC(C)(C)C)c2c(=O)n1-c1ccccc1. The van der Waals surface area contributed by atoms with Crippen molar-refractivity contribution in [2.24, 2.45) is 0 Å². The summed E-state index contributed by atoms with van der Waals surface area (Å²) in [6.45, 7) is 12.6. The third kappa shape index (κ3) is 7.65. The molecule has 3 aromatic rings. The first kappa shape index (κ1) is 27.9. The number of rotatable bonds is 7. The second-order valence-electron chi connectivity index (χ2n) is 11.1. The zero-order valence-electron chi connectivity index (χ0n) is 22.8. The third-order valence-corrected chi connectivity index (χ3v) is 5.39. The van der Waals surface area contributed by atoms with Gasteiger partial charge in [-0.05, 0) is 85.1 Å². The smallest absolute Gasteiger partial charge is 0.408 e. The van der Waals surface area contributed by atoms with E-state index in [0.29, 0.717) is 35.3 Å². The highest BCUT2D eigenvalue weighted by Gasteiger charge is 2.24. The maximum absolute atomic E-state index is 14.0. The number of aryl methyl sites for hydroxylation is 1. The van der Waals surface area contributed by atoms with Crippen LogP contribution >= 0.6 is 0 Å². The molecule has 0 bridgehead atoms. The lowest BCUT2D eigenvalue weighted by molar-refractivity contribution is -0.154. The van der Waals surface area contributed by atoms with Crippen LogP contribution in [0.5, 0.6) is 0 Å². The fourth-order valence-corrected chi connectivity index (χ4v) is 4.01. The Bertz CT molecular complexity index is 1320. The van der Waals surface area contributed by atoms with Gasteiger partial charge in [-0.3, -0.25) is 14.2 Å². The number of benzene rings is 2. The highest BCUT2D eigenvalue weighted by atomic mass is 16.6. The summed E-state index contributed by atoms with van der Waals surface area (Å²) in [4.78, 5) is 43.4. The van der Waals surface area contributed by atoms with Crippen LogP contribution in [0.1, 0.15) is 78.7 Å². The van der Waals surface area contributed by atoms with E-state index in [2.05, 4.69) is 5.32 Å². The minimum Gasteiger partial charge on any atom is -0.460 e. The number of esters is 1. The molecule has 8 nitrogen and oxygen atoms in total. The Kier molecular flexibility index (Phi) is 8.41. The number of alkyl carbamates (subject to hydrolysis) is 1. The van der Waals surface area contributed by atoms with Crippen molar-refractivity contribution in [1.82, 2.24) is 14.9 Å². The van der Waals surface area contributed by atoms with Crippen molar-refractivity contribution in [2.45, 2.75) is 85.0 Å². The number of hydrogen-bond donors (Lipinski definition) is 1. The monoisotopic (exact) mass is 507 g/mol. The van der Waals surface area contributed by atoms with Crippen LogP contribution < -0.4 is 10.9 Å². The Balaban J connectivity index is 2.01. The lowest BCUT2D eigenvalue weighted by Crippen LogP contribution is -2.37. The quantitative estimate of drug-likeness (QED) is 0.416. The summed E-state index contributed by atoms with van der Waals surface area (Å²) in [5.41, 5.74) is 0.538. The summed E-state index contributed by atoms with van der Waals surface area (Å²) < 4.78 is 12.3. The molecule has 0 aliphatic heterocycles. The van der Waals surface area contributed by atoms with Crippen molar-refractivity contribution in [3.8, 4) is 5.69 Å². The van der Waals surface area contributed by atoms with Crippen LogP contribution in [0.4, 0.5) is 4.79 Å². The van der Waals surface area contributed by atoms with E-state index in [1.54, 1.807) is 33.8 Å². The second kappa shape index (κ2) is 11.2. The minimum absolute atomic E-state index is 0.239. The van der Waals surface area contributed by atoms with E-state index in [9.17, 15) is 14.4 Å². The molecule has 37 heavy (non-hydrogen) atoms. The number of ether oxygens (including phenoxy) is 2. The molecule has 0 spiro atoms. The first-order chi connectivity index (χ1) is 17.2. The van der Waals surface area contributed by atoms with Gasteiger partial charge in [0.2, 0.25) is 0 Å². The average Bonchev–Trinajstić information content (AvgIpc) is 2.77. The van der Waals surface area contributed by atoms with Gasteiger partial charge in [0.25, 0.3) is 5.56 Å². The van der Waals surface area contributed by atoms with Gasteiger partial charge in [-0.2, -0.15) is 0 Å². The molecule has 0 radical (unpaired) electrons. The number of carbonyl (C=O) groups is 2. The highest BCUT2D eigenvalue weighted by molar-refractivity contribution is 5.82. The first-order valence-electron chi connectivity index (χ1n) is 12.6. The van der Waals surface area contributed by atoms with Crippen LogP contribution in [-0.4, -0.2) is 32.8 Å². The standard InChI is InChI=1S/C29H37N3O5/c1-19(30-27(35)37-29(5,6)7)25-31-22-17-11-13-20(14-12-18-23(33)36-28(2,3)4)24(22)26(34)32(25)21-15-9-8-10-16-21/h8-11,13,15-17,19H,12,14,18H2,1-7H3,(H,30,35)/t19-/m0/s1. The number of amides is 1. The molecule has 0 aliphatic rings. The van der Waals surface area contributed by atoms with E-state index in [-0.39, 0.29) is 17.9 Å². The maximum atomic E-state index is 14.0. The molecule has 0 fully saturated rings. The van der Waals surface area contributed by atoms with Gasteiger partial charge in [0.1, 0.15) is 17.0 Å². The molecule has 1 amide bonds. The maximum Gasteiger partial charge on any atom is 0.408 e. The lowest BCUT2D eigenvalue weighted by Gasteiger charge is -2.23. The van der Waals surface area contributed by atoms with E-state index < -0.39 is 23.3 Å². The summed E-state index contributed by atoms with van der Waals surface area (Å²) in [6.07, 6.45) is 0.720. The zero-order valence-corrected chi connectivity index (χ0v) is 22.8. The van der Waals surface area contributed by atoms with E-state index >= 15 is 0 Å². The van der Waals surface area contributed by atoms with Crippen molar-refractivity contribution in [3.63, 3.8) is 0 Å². The van der Waals surface area contributed by atoms with Gasteiger partial charge in [-0.15, -0.1) is 0 Å². The van der Waals surface area contributed by atoms with Gasteiger partial charge in [0, 0.05) is 6.42 Å². The molecular weight excluding hydrogens is 470 g/mol. The van der Waals surface area contributed by atoms with Gasteiger partial charge < -0.3 is 14.8 Å².